The van der Waals surface area contributed by atoms with Crippen molar-refractivity contribution in [3.8, 4) is 17.2 Å². The molecule has 0 aliphatic rings. The van der Waals surface area contributed by atoms with E-state index in [1.807, 2.05) is 0 Å². The average Bonchev–Trinajstić information content (AvgIpc) is 2.99. The van der Waals surface area contributed by atoms with E-state index >= 15 is 0 Å². The summed E-state index contributed by atoms with van der Waals surface area (Å²) >= 11 is 0. The Balaban J connectivity index is 1.77. The summed E-state index contributed by atoms with van der Waals surface area (Å²) in [5, 5.41) is 0. The first-order chi connectivity index (χ1) is 19.6. The quantitative estimate of drug-likeness (QED) is 0.105. The number of benzene rings is 3. The van der Waals surface area contributed by atoms with Gasteiger partial charge in [-0.3, -0.25) is 0 Å². The highest BCUT2D eigenvalue weighted by molar-refractivity contribution is 6.78. The Hall–Kier alpha value is -2.88. The first-order valence-electron chi connectivity index (χ1n) is 15.7. The molecule has 3 aromatic carbocycles. The van der Waals surface area contributed by atoms with E-state index < -0.39 is 6.15 Å². The van der Waals surface area contributed by atoms with Crippen molar-refractivity contribution in [3.63, 3.8) is 0 Å². The zero-order valence-corrected chi connectivity index (χ0v) is 25.6. The lowest BCUT2D eigenvalue weighted by Crippen LogP contribution is -2.43. The highest BCUT2D eigenvalue weighted by Gasteiger charge is 2.26. The topological polar surface area (TPSA) is 27.7 Å². The summed E-state index contributed by atoms with van der Waals surface area (Å²) in [5.74, 6) is 2.76. The van der Waals surface area contributed by atoms with Crippen LogP contribution >= 0.6 is 0 Å². The molecular weight excluding hydrogens is 491 g/mol. The van der Waals surface area contributed by atoms with Gasteiger partial charge in [-0.2, -0.15) is 25.3 Å². The molecule has 0 aliphatic heterocycles. The molecule has 3 nitrogen and oxygen atoms in total. The largest absolute Gasteiger partial charge is 0.497 e. The number of hydrogen-bond donors (Lipinski definition) is 0. The molecule has 0 aliphatic carbocycles. The fraction of sp³-hybridized carbons (Fsp3) is 0.500. The Morgan fingerprint density at radius 3 is 1.02 bits per heavy atom. The molecule has 0 fully saturated rings. The van der Waals surface area contributed by atoms with Crippen molar-refractivity contribution in [2.75, 3.05) is 21.3 Å². The zero-order valence-electron chi connectivity index (χ0n) is 25.6. The average molecular weight is 544 g/mol. The molecule has 0 N–H and O–H groups in total. The van der Waals surface area contributed by atoms with E-state index in [2.05, 4.69) is 79.7 Å². The van der Waals surface area contributed by atoms with Gasteiger partial charge in [0, 0.05) is 6.15 Å². The maximum absolute atomic E-state index is 5.45. The number of methoxy groups -OCH3 is 3. The molecule has 0 atom stereocenters. The predicted molar refractivity (Wildman–Crippen MR) is 172 cm³/mol. The van der Waals surface area contributed by atoms with E-state index in [-0.39, 0.29) is 0 Å². The standard InChI is InChI=1S/C36H52BO3/c1-5-6-7-8-9-10-11-12-13-14-27-37(28-31-15-21-34(38-2)22-16-31,29-32-17-23-35(39-3)24-18-32)30-33-19-25-36(40-4)26-20-33/h15-26H,5-14,27-30H2,1-4H3/q-1. The van der Waals surface area contributed by atoms with Crippen LogP contribution < -0.4 is 14.2 Å². The zero-order chi connectivity index (χ0) is 28.5. The van der Waals surface area contributed by atoms with Gasteiger partial charge in [0.05, 0.1) is 21.3 Å². The van der Waals surface area contributed by atoms with E-state index in [1.165, 1.54) is 87.2 Å². The first kappa shape index (κ1) is 31.6. The van der Waals surface area contributed by atoms with Crippen molar-refractivity contribution in [1.82, 2.24) is 0 Å². The SMILES string of the molecule is CCCCCCCCCCCC[B-](Cc1ccc(OC)cc1)(Cc1ccc(OC)cc1)Cc1ccc(OC)cc1. The lowest BCUT2D eigenvalue weighted by atomic mass is 9.16. The van der Waals surface area contributed by atoms with Crippen LogP contribution in [-0.2, 0) is 19.0 Å². The van der Waals surface area contributed by atoms with E-state index in [0.717, 1.165) is 36.2 Å². The molecule has 218 valence electrons. The predicted octanol–water partition coefficient (Wildman–Crippen LogP) is 9.73. The van der Waals surface area contributed by atoms with Crippen LogP contribution in [0.25, 0.3) is 0 Å². The number of unbranched alkanes of at least 4 members (excludes halogenated alkanes) is 9. The molecule has 0 unspecified atom stereocenters. The van der Waals surface area contributed by atoms with Crippen molar-refractivity contribution in [2.45, 2.75) is 96.4 Å². The van der Waals surface area contributed by atoms with Gasteiger partial charge in [0.2, 0.25) is 0 Å². The Kier molecular flexibility index (Phi) is 14.0. The number of hydrogen-bond acceptors (Lipinski definition) is 3. The number of ether oxygens (including phenoxy) is 3. The third kappa shape index (κ3) is 10.9. The van der Waals surface area contributed by atoms with Gasteiger partial charge in [0.25, 0.3) is 0 Å². The van der Waals surface area contributed by atoms with Crippen molar-refractivity contribution in [3.05, 3.63) is 89.5 Å². The summed E-state index contributed by atoms with van der Waals surface area (Å²) in [4.78, 5) is 0. The Bertz CT molecular complexity index is 940. The van der Waals surface area contributed by atoms with Gasteiger partial charge < -0.3 is 14.2 Å². The molecule has 0 spiro atoms. The van der Waals surface area contributed by atoms with E-state index in [4.69, 9.17) is 14.2 Å². The molecule has 40 heavy (non-hydrogen) atoms. The fourth-order valence-electron chi connectivity index (χ4n) is 6.37. The van der Waals surface area contributed by atoms with Crippen molar-refractivity contribution in [1.29, 1.82) is 0 Å². The van der Waals surface area contributed by atoms with Gasteiger partial charge in [-0.1, -0.05) is 124 Å². The van der Waals surface area contributed by atoms with E-state index in [0.29, 0.717) is 0 Å². The fourth-order valence-corrected chi connectivity index (χ4v) is 6.37. The summed E-state index contributed by atoms with van der Waals surface area (Å²) in [5.41, 5.74) is 4.19. The normalized spacial score (nSPS) is 11.4. The van der Waals surface area contributed by atoms with Crippen molar-refractivity contribution < 1.29 is 14.2 Å². The van der Waals surface area contributed by atoms with Crippen LogP contribution in [0.2, 0.25) is 6.32 Å². The van der Waals surface area contributed by atoms with Gasteiger partial charge in [-0.15, -0.1) is 0 Å². The maximum atomic E-state index is 5.45. The highest BCUT2D eigenvalue weighted by atomic mass is 16.5. The summed E-state index contributed by atoms with van der Waals surface area (Å²) < 4.78 is 16.4. The molecule has 0 aromatic heterocycles. The van der Waals surface area contributed by atoms with Crippen LogP contribution in [0.5, 0.6) is 17.2 Å². The molecule has 0 radical (unpaired) electrons. The molecule has 3 aromatic rings. The van der Waals surface area contributed by atoms with Crippen LogP contribution in [0.15, 0.2) is 72.8 Å². The van der Waals surface area contributed by atoms with Gasteiger partial charge in [-0.25, -0.2) is 0 Å². The van der Waals surface area contributed by atoms with E-state index in [1.54, 1.807) is 21.3 Å². The smallest absolute Gasteiger partial charge is 0.118 e. The first-order valence-corrected chi connectivity index (χ1v) is 15.7. The second kappa shape index (κ2) is 17.7. The van der Waals surface area contributed by atoms with Gasteiger partial charge in [0.15, 0.2) is 0 Å². The summed E-state index contributed by atoms with van der Waals surface area (Å²) in [7, 11) is 5.21. The van der Waals surface area contributed by atoms with Gasteiger partial charge >= 0.3 is 0 Å². The summed E-state index contributed by atoms with van der Waals surface area (Å²) in [6.07, 6.45) is 17.5. The van der Waals surface area contributed by atoms with Gasteiger partial charge in [0.1, 0.15) is 17.2 Å². The van der Waals surface area contributed by atoms with Crippen molar-refractivity contribution >= 4 is 6.15 Å². The monoisotopic (exact) mass is 543 g/mol. The minimum Gasteiger partial charge on any atom is -0.497 e. The van der Waals surface area contributed by atoms with Crippen LogP contribution in [0.3, 0.4) is 0 Å². The molecule has 3 rings (SSSR count). The molecule has 0 bridgehead atoms. The molecule has 0 saturated carbocycles. The van der Waals surface area contributed by atoms with E-state index in [9.17, 15) is 0 Å². The van der Waals surface area contributed by atoms with Crippen molar-refractivity contribution in [2.24, 2.45) is 0 Å². The van der Waals surface area contributed by atoms with Gasteiger partial charge in [-0.05, 0) is 36.4 Å². The maximum Gasteiger partial charge on any atom is 0.118 e. The molecule has 0 saturated heterocycles. The summed E-state index contributed by atoms with van der Waals surface area (Å²) in [6, 6.07) is 26.2. The minimum atomic E-state index is -0.756. The molecule has 0 amide bonds. The van der Waals surface area contributed by atoms with Crippen LogP contribution in [0, 0.1) is 0 Å². The van der Waals surface area contributed by atoms with Crippen LogP contribution in [0.1, 0.15) is 87.8 Å². The Morgan fingerprint density at radius 1 is 0.425 bits per heavy atom. The minimum absolute atomic E-state index is 0.756. The lowest BCUT2D eigenvalue weighted by Gasteiger charge is -2.41. The Labute approximate surface area is 244 Å². The summed E-state index contributed by atoms with van der Waals surface area (Å²) in [6.45, 7) is 2.29. The lowest BCUT2D eigenvalue weighted by molar-refractivity contribution is 0.414. The molecule has 4 heteroatoms. The molecular formula is C36H52BO3-. The molecule has 0 heterocycles. The number of rotatable bonds is 20. The highest BCUT2D eigenvalue weighted by Crippen LogP contribution is 2.30. The van der Waals surface area contributed by atoms with Crippen LogP contribution in [0.4, 0.5) is 0 Å². The third-order valence-corrected chi connectivity index (χ3v) is 8.65. The third-order valence-electron chi connectivity index (χ3n) is 8.65. The second-order valence-corrected chi connectivity index (χ2v) is 11.9. The van der Waals surface area contributed by atoms with Crippen LogP contribution in [-0.4, -0.2) is 27.5 Å². The second-order valence-electron chi connectivity index (χ2n) is 11.9. The Morgan fingerprint density at radius 2 is 0.725 bits per heavy atom.